The Morgan fingerprint density at radius 3 is 2.47 bits per heavy atom. The average Bonchev–Trinajstić information content (AvgIpc) is 2.17. The Bertz CT molecular complexity index is 323. The van der Waals surface area contributed by atoms with E-state index in [2.05, 4.69) is 0 Å². The third-order valence-corrected chi connectivity index (χ3v) is 1.86. The van der Waals surface area contributed by atoms with E-state index in [1.165, 1.54) is 25.3 Å². The van der Waals surface area contributed by atoms with Gasteiger partial charge in [-0.2, -0.15) is 0 Å². The minimum absolute atomic E-state index is 0. The lowest BCUT2D eigenvalue weighted by Gasteiger charge is -2.12. The Morgan fingerprint density at radius 1 is 1.40 bits per heavy atom. The Hall–Kier alpha value is -1.07. The van der Waals surface area contributed by atoms with Crippen molar-refractivity contribution in [2.24, 2.45) is 5.73 Å². The van der Waals surface area contributed by atoms with E-state index in [1.54, 1.807) is 0 Å². The van der Waals surface area contributed by atoms with Crippen molar-refractivity contribution < 1.29 is 18.6 Å². The molecule has 0 unspecified atom stereocenters. The maximum atomic E-state index is 12.2. The summed E-state index contributed by atoms with van der Waals surface area (Å²) in [7, 11) is 1.34. The van der Waals surface area contributed by atoms with E-state index >= 15 is 0 Å². The number of methoxy groups -OCH3 is 1. The van der Waals surface area contributed by atoms with Gasteiger partial charge in [-0.3, -0.25) is 0 Å². The molecule has 1 atom stereocenters. The summed E-state index contributed by atoms with van der Waals surface area (Å²) in [5, 5.41) is 9.20. The van der Waals surface area contributed by atoms with Crippen LogP contribution in [0.5, 0.6) is 11.5 Å². The molecule has 3 nitrogen and oxygen atoms in total. The summed E-state index contributed by atoms with van der Waals surface area (Å²) in [6.07, 6.45) is -2.63. The second-order valence-corrected chi connectivity index (χ2v) is 2.79. The highest BCUT2D eigenvalue weighted by molar-refractivity contribution is 5.85. The predicted molar refractivity (Wildman–Crippen MR) is 54.8 cm³/mol. The van der Waals surface area contributed by atoms with Crippen LogP contribution < -0.4 is 10.5 Å². The molecule has 6 heteroatoms. The Kier molecular flexibility index (Phi) is 5.32. The molecule has 0 aliphatic rings. The molecule has 1 aromatic carbocycles. The number of phenols is 1. The van der Waals surface area contributed by atoms with Crippen LogP contribution >= 0.6 is 12.4 Å². The summed E-state index contributed by atoms with van der Waals surface area (Å²) in [5.74, 6) is 0.0383. The molecule has 1 rings (SSSR count). The predicted octanol–water partition coefficient (Wildman–Crippen LogP) is 2.09. The van der Waals surface area contributed by atoms with Gasteiger partial charge >= 0.3 is 0 Å². The quantitative estimate of drug-likeness (QED) is 0.849. The number of benzene rings is 1. The van der Waals surface area contributed by atoms with Crippen molar-refractivity contribution in [2.75, 3.05) is 7.11 Å². The van der Waals surface area contributed by atoms with E-state index in [9.17, 15) is 13.9 Å². The van der Waals surface area contributed by atoms with Crippen molar-refractivity contribution in [1.29, 1.82) is 0 Å². The van der Waals surface area contributed by atoms with E-state index in [0.29, 0.717) is 0 Å². The molecule has 0 saturated heterocycles. The van der Waals surface area contributed by atoms with E-state index in [4.69, 9.17) is 10.5 Å². The summed E-state index contributed by atoms with van der Waals surface area (Å²) < 4.78 is 29.2. The van der Waals surface area contributed by atoms with Gasteiger partial charge in [0, 0.05) is 0 Å². The van der Waals surface area contributed by atoms with Gasteiger partial charge in [-0.25, -0.2) is 8.78 Å². The van der Waals surface area contributed by atoms with Gasteiger partial charge in [0.25, 0.3) is 6.43 Å². The smallest absolute Gasteiger partial charge is 0.257 e. The Labute approximate surface area is 92.3 Å². The fourth-order valence-corrected chi connectivity index (χ4v) is 1.05. The van der Waals surface area contributed by atoms with Gasteiger partial charge in [0.15, 0.2) is 11.5 Å². The van der Waals surface area contributed by atoms with Gasteiger partial charge in [-0.05, 0) is 17.7 Å². The highest BCUT2D eigenvalue weighted by atomic mass is 35.5. The summed E-state index contributed by atoms with van der Waals surface area (Å²) in [6.45, 7) is 0. The van der Waals surface area contributed by atoms with Crippen LogP contribution in [0.1, 0.15) is 11.6 Å². The van der Waals surface area contributed by atoms with Crippen molar-refractivity contribution >= 4 is 12.4 Å². The first-order chi connectivity index (χ1) is 6.56. The van der Waals surface area contributed by atoms with Gasteiger partial charge in [0.2, 0.25) is 0 Å². The van der Waals surface area contributed by atoms with Crippen molar-refractivity contribution in [2.45, 2.75) is 12.5 Å². The first-order valence-corrected chi connectivity index (χ1v) is 3.97. The SMILES string of the molecule is COc1cc([C@H](N)C(F)F)ccc1O.Cl. The fourth-order valence-electron chi connectivity index (χ4n) is 1.05. The molecule has 0 amide bonds. The van der Waals surface area contributed by atoms with E-state index in [-0.39, 0.29) is 29.5 Å². The van der Waals surface area contributed by atoms with Crippen molar-refractivity contribution in [3.8, 4) is 11.5 Å². The number of alkyl halides is 2. The number of halogens is 3. The average molecular weight is 240 g/mol. The molecule has 0 radical (unpaired) electrons. The number of rotatable bonds is 3. The van der Waals surface area contributed by atoms with Gasteiger partial charge in [0.05, 0.1) is 13.2 Å². The molecule has 0 heterocycles. The van der Waals surface area contributed by atoms with Gasteiger partial charge in [-0.1, -0.05) is 6.07 Å². The fraction of sp³-hybridized carbons (Fsp3) is 0.333. The largest absolute Gasteiger partial charge is 0.504 e. The first kappa shape index (κ1) is 13.9. The number of nitrogens with two attached hydrogens (primary N) is 1. The lowest BCUT2D eigenvalue weighted by atomic mass is 10.1. The molecular weight excluding hydrogens is 228 g/mol. The molecular formula is C9H12ClF2NO2. The van der Waals surface area contributed by atoms with Crippen LogP contribution in [-0.2, 0) is 0 Å². The summed E-state index contributed by atoms with van der Waals surface area (Å²) in [5.41, 5.74) is 5.46. The van der Waals surface area contributed by atoms with E-state index in [0.717, 1.165) is 0 Å². The van der Waals surface area contributed by atoms with Gasteiger partial charge < -0.3 is 15.6 Å². The molecule has 3 N–H and O–H groups in total. The lowest BCUT2D eigenvalue weighted by molar-refractivity contribution is 0.116. The number of hydrogen-bond donors (Lipinski definition) is 2. The van der Waals surface area contributed by atoms with Crippen molar-refractivity contribution in [3.63, 3.8) is 0 Å². The van der Waals surface area contributed by atoms with E-state index in [1.807, 2.05) is 0 Å². The topological polar surface area (TPSA) is 55.5 Å². The minimum atomic E-state index is -2.63. The molecule has 0 aliphatic carbocycles. The number of aromatic hydroxyl groups is 1. The maximum absolute atomic E-state index is 12.2. The van der Waals surface area contributed by atoms with Crippen molar-refractivity contribution in [3.05, 3.63) is 23.8 Å². The molecule has 15 heavy (non-hydrogen) atoms. The molecule has 0 aliphatic heterocycles. The molecule has 0 bridgehead atoms. The summed E-state index contributed by atoms with van der Waals surface area (Å²) >= 11 is 0. The monoisotopic (exact) mass is 239 g/mol. The minimum Gasteiger partial charge on any atom is -0.504 e. The van der Waals surface area contributed by atoms with Crippen LogP contribution in [0.25, 0.3) is 0 Å². The summed E-state index contributed by atoms with van der Waals surface area (Å²) in [6, 6.07) is 2.56. The Morgan fingerprint density at radius 2 is 2.00 bits per heavy atom. The molecule has 0 saturated carbocycles. The van der Waals surface area contributed by atoms with Crippen LogP contribution in [0.2, 0.25) is 0 Å². The third kappa shape index (κ3) is 3.21. The normalized spacial score (nSPS) is 12.1. The zero-order valence-electron chi connectivity index (χ0n) is 7.98. The number of ether oxygens (including phenoxy) is 1. The van der Waals surface area contributed by atoms with Crippen LogP contribution in [0.15, 0.2) is 18.2 Å². The zero-order chi connectivity index (χ0) is 10.7. The molecule has 1 aromatic rings. The Balaban J connectivity index is 0.00000196. The number of phenolic OH excluding ortho intramolecular Hbond substituents is 1. The van der Waals surface area contributed by atoms with Crippen molar-refractivity contribution in [1.82, 2.24) is 0 Å². The molecule has 0 spiro atoms. The standard InChI is InChI=1S/C9H11F2NO2.ClH/c1-14-7-4-5(2-3-6(7)13)8(12)9(10)11;/h2-4,8-9,13H,12H2,1H3;1H/t8-;/m0./s1. The zero-order valence-corrected chi connectivity index (χ0v) is 8.80. The molecule has 0 aromatic heterocycles. The van der Waals surface area contributed by atoms with Crippen LogP contribution in [0, 0.1) is 0 Å². The molecule has 86 valence electrons. The molecule has 0 fully saturated rings. The highest BCUT2D eigenvalue weighted by Gasteiger charge is 2.18. The third-order valence-electron chi connectivity index (χ3n) is 1.86. The second kappa shape index (κ2) is 5.72. The van der Waals surface area contributed by atoms with Crippen LogP contribution in [0.3, 0.4) is 0 Å². The van der Waals surface area contributed by atoms with Gasteiger partial charge in [0.1, 0.15) is 0 Å². The highest BCUT2D eigenvalue weighted by Crippen LogP contribution is 2.29. The summed E-state index contributed by atoms with van der Waals surface area (Å²) in [4.78, 5) is 0. The number of hydrogen-bond acceptors (Lipinski definition) is 3. The lowest BCUT2D eigenvalue weighted by Crippen LogP contribution is -2.18. The maximum Gasteiger partial charge on any atom is 0.257 e. The first-order valence-electron chi connectivity index (χ1n) is 3.97. The van der Waals surface area contributed by atoms with E-state index < -0.39 is 12.5 Å². The van der Waals surface area contributed by atoms with Crippen LogP contribution in [-0.4, -0.2) is 18.6 Å². The van der Waals surface area contributed by atoms with Crippen LogP contribution in [0.4, 0.5) is 8.78 Å². The second-order valence-electron chi connectivity index (χ2n) is 2.79. The van der Waals surface area contributed by atoms with Gasteiger partial charge in [-0.15, -0.1) is 12.4 Å².